The van der Waals surface area contributed by atoms with Gasteiger partial charge in [-0.3, -0.25) is 4.98 Å². The zero-order chi connectivity index (χ0) is 36.2. The maximum absolute atomic E-state index is 4.62. The number of pyridine rings is 1. The Balaban J connectivity index is 1.59. The van der Waals surface area contributed by atoms with Gasteiger partial charge in [-0.15, -0.1) is 0 Å². The van der Waals surface area contributed by atoms with Crippen molar-refractivity contribution in [3.8, 4) is 11.1 Å². The number of nitrogens with zero attached hydrogens (tertiary/aromatic N) is 2. The number of rotatable bonds is 3. The van der Waals surface area contributed by atoms with Crippen LogP contribution in [-0.2, 0) is 0 Å². The van der Waals surface area contributed by atoms with Crippen LogP contribution in [-0.4, -0.2) is 18.4 Å². The topological polar surface area (TPSA) is 16.1 Å². The van der Waals surface area contributed by atoms with E-state index >= 15 is 0 Å². The van der Waals surface area contributed by atoms with E-state index in [-0.39, 0.29) is 13.4 Å². The number of anilines is 3. The van der Waals surface area contributed by atoms with Gasteiger partial charge in [0.2, 0.25) is 13.4 Å². The molecule has 0 bridgehead atoms. The Hall–Kier alpha value is -4.82. The van der Waals surface area contributed by atoms with E-state index in [2.05, 4.69) is 154 Å². The summed E-state index contributed by atoms with van der Waals surface area (Å²) >= 11 is 0. The number of aromatic nitrogens is 1. The van der Waals surface area contributed by atoms with Crippen molar-refractivity contribution < 1.29 is 0 Å². The van der Waals surface area contributed by atoms with Gasteiger partial charge in [0, 0.05) is 29.5 Å². The normalized spacial score (nSPS) is 13.0. The van der Waals surface area contributed by atoms with Crippen molar-refractivity contribution in [3.63, 3.8) is 0 Å². The zero-order valence-electron chi connectivity index (χ0n) is 32.5. The van der Waals surface area contributed by atoms with E-state index < -0.39 is 0 Å². The summed E-state index contributed by atoms with van der Waals surface area (Å²) in [4.78, 5) is 7.24. The molecule has 2 nitrogen and oxygen atoms in total. The summed E-state index contributed by atoms with van der Waals surface area (Å²) < 4.78 is 0. The molecule has 0 N–H and O–H groups in total. The standard InChI is InChI=1S/C47H48B2N2/c1-25-15-17-43-39(20-25)48(45-33(9)29(5)27(3)30(6)34(45)10)41-22-38(37-14-13-19-50-24-37)23-42-47(41)51(43)44-18-16-26(2)21-40(44)49(42)46-35(11)31(7)28(4)32(8)36(46)12/h13-24H,1-12H3. The summed E-state index contributed by atoms with van der Waals surface area (Å²) in [6.07, 6.45) is 3.91. The third kappa shape index (κ3) is 4.75. The molecule has 8 rings (SSSR count). The molecule has 2 aliphatic heterocycles. The van der Waals surface area contributed by atoms with Gasteiger partial charge in [-0.25, -0.2) is 0 Å². The highest BCUT2D eigenvalue weighted by molar-refractivity contribution is 7.02. The lowest BCUT2D eigenvalue weighted by Crippen LogP contribution is -2.66. The minimum absolute atomic E-state index is 0.0795. The van der Waals surface area contributed by atoms with Crippen LogP contribution >= 0.6 is 0 Å². The molecule has 2 aliphatic rings. The molecule has 6 aromatic rings. The number of hydrogen-bond acceptors (Lipinski definition) is 2. The van der Waals surface area contributed by atoms with Crippen molar-refractivity contribution in [1.29, 1.82) is 0 Å². The second kappa shape index (κ2) is 11.9. The summed E-state index contributed by atoms with van der Waals surface area (Å²) in [7, 11) is 0. The van der Waals surface area contributed by atoms with Crippen LogP contribution in [0.1, 0.15) is 66.8 Å². The van der Waals surface area contributed by atoms with Crippen molar-refractivity contribution in [2.24, 2.45) is 0 Å². The summed E-state index contributed by atoms with van der Waals surface area (Å²) in [5.41, 5.74) is 31.3. The van der Waals surface area contributed by atoms with Gasteiger partial charge in [-0.1, -0.05) is 86.8 Å². The van der Waals surface area contributed by atoms with Crippen LogP contribution in [0.2, 0.25) is 0 Å². The Kier molecular flexibility index (Phi) is 7.76. The molecule has 3 heterocycles. The lowest BCUT2D eigenvalue weighted by atomic mass is 9.29. The fourth-order valence-corrected chi connectivity index (χ4v) is 9.55. The molecule has 5 aromatic carbocycles. The summed E-state index contributed by atoms with van der Waals surface area (Å²) in [6, 6.07) is 23.6. The first kappa shape index (κ1) is 33.3. The van der Waals surface area contributed by atoms with Crippen molar-refractivity contribution in [2.45, 2.75) is 83.1 Å². The van der Waals surface area contributed by atoms with Crippen LogP contribution in [0.5, 0.6) is 0 Å². The Morgan fingerprint density at radius 2 is 0.843 bits per heavy atom. The third-order valence-corrected chi connectivity index (χ3v) is 13.2. The fourth-order valence-electron chi connectivity index (χ4n) is 9.55. The molecule has 0 radical (unpaired) electrons. The van der Waals surface area contributed by atoms with Crippen molar-refractivity contribution in [3.05, 3.63) is 140 Å². The van der Waals surface area contributed by atoms with Crippen LogP contribution in [0.3, 0.4) is 0 Å². The predicted octanol–water partition coefficient (Wildman–Crippen LogP) is 7.58. The highest BCUT2D eigenvalue weighted by Gasteiger charge is 2.45. The monoisotopic (exact) mass is 662 g/mol. The second-order valence-electron chi connectivity index (χ2n) is 15.6. The van der Waals surface area contributed by atoms with E-state index in [0.717, 1.165) is 5.56 Å². The summed E-state index contributed by atoms with van der Waals surface area (Å²) in [5.74, 6) is 0. The maximum atomic E-state index is 4.62. The quantitative estimate of drug-likeness (QED) is 0.182. The van der Waals surface area contributed by atoms with Gasteiger partial charge in [0.25, 0.3) is 0 Å². The number of hydrogen-bond donors (Lipinski definition) is 0. The number of fused-ring (bicyclic) bond motifs is 4. The molecule has 0 saturated heterocycles. The summed E-state index contributed by atoms with van der Waals surface area (Å²) in [5, 5.41) is 0. The van der Waals surface area contributed by atoms with Crippen LogP contribution in [0.15, 0.2) is 73.1 Å². The molecule has 0 saturated carbocycles. The van der Waals surface area contributed by atoms with Gasteiger partial charge in [0.15, 0.2) is 0 Å². The minimum Gasteiger partial charge on any atom is -0.313 e. The molecule has 0 atom stereocenters. The van der Waals surface area contributed by atoms with Gasteiger partial charge >= 0.3 is 0 Å². The Morgan fingerprint density at radius 1 is 0.431 bits per heavy atom. The molecule has 0 aliphatic carbocycles. The van der Waals surface area contributed by atoms with Crippen LogP contribution < -0.4 is 37.7 Å². The van der Waals surface area contributed by atoms with E-state index in [1.807, 2.05) is 12.4 Å². The number of aryl methyl sites for hydroxylation is 2. The molecule has 4 heteroatoms. The van der Waals surface area contributed by atoms with Crippen LogP contribution in [0, 0.1) is 83.1 Å². The molecule has 0 fully saturated rings. The SMILES string of the molecule is Cc1ccc2c(c1)B(c1c(C)c(C)c(C)c(C)c1C)c1cc(-c3cccnc3)cc3c1N2c1ccc(C)cc1B3c1c(C)c(C)c(C)c(C)c1C. The lowest BCUT2D eigenvalue weighted by Gasteiger charge is -2.45. The van der Waals surface area contributed by atoms with Gasteiger partial charge in [-0.05, 0) is 168 Å². The van der Waals surface area contributed by atoms with E-state index in [4.69, 9.17) is 0 Å². The van der Waals surface area contributed by atoms with Crippen molar-refractivity contribution in [2.75, 3.05) is 4.90 Å². The molecule has 0 unspecified atom stereocenters. The fraction of sp³-hybridized carbons (Fsp3) is 0.255. The van der Waals surface area contributed by atoms with E-state index in [1.54, 1.807) is 0 Å². The first-order chi connectivity index (χ1) is 24.3. The highest BCUT2D eigenvalue weighted by atomic mass is 15.2. The zero-order valence-corrected chi connectivity index (χ0v) is 32.5. The summed E-state index contributed by atoms with van der Waals surface area (Å²) in [6.45, 7) is 27.9. The first-order valence-corrected chi connectivity index (χ1v) is 18.5. The Morgan fingerprint density at radius 3 is 1.24 bits per heavy atom. The van der Waals surface area contributed by atoms with E-state index in [1.165, 1.54) is 122 Å². The van der Waals surface area contributed by atoms with Crippen LogP contribution in [0.25, 0.3) is 11.1 Å². The Bertz CT molecular complexity index is 2250. The van der Waals surface area contributed by atoms with Gasteiger partial charge < -0.3 is 4.90 Å². The lowest BCUT2D eigenvalue weighted by molar-refractivity contribution is 1.19. The second-order valence-corrected chi connectivity index (χ2v) is 15.6. The first-order valence-electron chi connectivity index (χ1n) is 18.5. The number of benzene rings is 5. The molecule has 0 spiro atoms. The molecule has 252 valence electrons. The molecule has 1 aromatic heterocycles. The molecule has 51 heavy (non-hydrogen) atoms. The highest BCUT2D eigenvalue weighted by Crippen LogP contribution is 2.40. The van der Waals surface area contributed by atoms with Crippen LogP contribution in [0.4, 0.5) is 17.1 Å². The van der Waals surface area contributed by atoms with Gasteiger partial charge in [-0.2, -0.15) is 0 Å². The predicted molar refractivity (Wildman–Crippen MR) is 223 cm³/mol. The van der Waals surface area contributed by atoms with E-state index in [9.17, 15) is 0 Å². The van der Waals surface area contributed by atoms with Gasteiger partial charge in [0.05, 0.1) is 0 Å². The van der Waals surface area contributed by atoms with Crippen molar-refractivity contribution >= 4 is 63.3 Å². The molecular weight excluding hydrogens is 614 g/mol. The van der Waals surface area contributed by atoms with E-state index in [0.29, 0.717) is 0 Å². The Labute approximate surface area is 306 Å². The van der Waals surface area contributed by atoms with Gasteiger partial charge in [0.1, 0.15) is 0 Å². The maximum Gasteiger partial charge on any atom is 0.247 e. The molecular formula is C47H48B2N2. The largest absolute Gasteiger partial charge is 0.313 e. The third-order valence-electron chi connectivity index (χ3n) is 13.2. The average Bonchev–Trinajstić information content (AvgIpc) is 3.13. The average molecular weight is 663 g/mol. The molecule has 0 amide bonds. The van der Waals surface area contributed by atoms with Crippen molar-refractivity contribution in [1.82, 2.24) is 4.98 Å². The minimum atomic E-state index is 0.0795. The smallest absolute Gasteiger partial charge is 0.247 e.